The van der Waals surface area contributed by atoms with E-state index in [4.69, 9.17) is 0 Å². The van der Waals surface area contributed by atoms with Crippen molar-refractivity contribution in [1.29, 1.82) is 0 Å². The number of thioether (sulfide) groups is 1. The number of amides is 4. The third-order valence-electron chi connectivity index (χ3n) is 4.54. The Morgan fingerprint density at radius 2 is 2.08 bits per heavy atom. The Morgan fingerprint density at radius 3 is 2.64 bits per heavy atom. The van der Waals surface area contributed by atoms with Crippen molar-refractivity contribution in [3.8, 4) is 0 Å². The number of hydrazine groups is 1. The van der Waals surface area contributed by atoms with Crippen LogP contribution in [0.3, 0.4) is 0 Å². The first kappa shape index (κ1) is 17.7. The van der Waals surface area contributed by atoms with Crippen LogP contribution < -0.4 is 10.7 Å². The molecular weight excluding hydrogens is 344 g/mol. The highest BCUT2D eigenvalue weighted by Crippen LogP contribution is 2.39. The lowest BCUT2D eigenvalue weighted by molar-refractivity contribution is -0.137. The lowest BCUT2D eigenvalue weighted by atomic mass is 10.00. The van der Waals surface area contributed by atoms with E-state index < -0.39 is 23.4 Å². The number of imide groups is 1. The first-order valence-corrected chi connectivity index (χ1v) is 9.40. The second kappa shape index (κ2) is 6.66. The van der Waals surface area contributed by atoms with Crippen molar-refractivity contribution >= 4 is 29.6 Å². The van der Waals surface area contributed by atoms with Crippen molar-refractivity contribution < 1.29 is 14.4 Å². The Hall–Kier alpha value is -2.10. The summed E-state index contributed by atoms with van der Waals surface area (Å²) in [5, 5.41) is 12.4. The molecule has 1 aliphatic carbocycles. The predicted molar refractivity (Wildman–Crippen MR) is 90.6 cm³/mol. The van der Waals surface area contributed by atoms with Crippen molar-refractivity contribution in [1.82, 2.24) is 30.5 Å². The first-order valence-electron chi connectivity index (χ1n) is 8.41. The molecule has 0 aromatic carbocycles. The van der Waals surface area contributed by atoms with E-state index in [-0.39, 0.29) is 5.75 Å². The minimum Gasteiger partial charge on any atom is -0.322 e. The summed E-state index contributed by atoms with van der Waals surface area (Å²) < 4.78 is 2.01. The van der Waals surface area contributed by atoms with Gasteiger partial charge in [-0.05, 0) is 33.1 Å². The monoisotopic (exact) mass is 366 g/mol. The molecule has 3 rings (SSSR count). The maximum Gasteiger partial charge on any atom is 0.344 e. The Morgan fingerprint density at radius 1 is 1.36 bits per heavy atom. The van der Waals surface area contributed by atoms with Gasteiger partial charge in [0.1, 0.15) is 11.4 Å². The largest absolute Gasteiger partial charge is 0.344 e. The number of aromatic nitrogens is 3. The van der Waals surface area contributed by atoms with Crippen LogP contribution in [0.1, 0.15) is 51.8 Å². The number of nitrogens with zero attached hydrogens (tertiary/aromatic N) is 4. The van der Waals surface area contributed by atoms with Gasteiger partial charge >= 0.3 is 6.03 Å². The second-order valence-corrected chi connectivity index (χ2v) is 7.38. The fourth-order valence-corrected chi connectivity index (χ4v) is 3.46. The number of hydrogen-bond acceptors (Lipinski definition) is 6. The standard InChI is InChI=1S/C15H22N6O3S/c1-4-15(3)12(23)21(13(24)16-15)19-10(22)8-25-14-18-17-11(9-6-7-9)20(14)5-2/h9H,4-8H2,1-3H3,(H,16,24)(H,19,22). The molecule has 9 nitrogen and oxygen atoms in total. The van der Waals surface area contributed by atoms with Crippen LogP contribution in [-0.4, -0.2) is 48.9 Å². The Kier molecular flexibility index (Phi) is 4.72. The summed E-state index contributed by atoms with van der Waals surface area (Å²) in [6, 6.07) is -0.611. The molecule has 2 heterocycles. The maximum absolute atomic E-state index is 12.3. The van der Waals surface area contributed by atoms with E-state index in [9.17, 15) is 14.4 Å². The normalized spacial score (nSPS) is 23.1. The van der Waals surface area contributed by atoms with Gasteiger partial charge in [-0.1, -0.05) is 18.7 Å². The molecule has 1 unspecified atom stereocenters. The van der Waals surface area contributed by atoms with Crippen LogP contribution in [0.2, 0.25) is 0 Å². The van der Waals surface area contributed by atoms with Gasteiger partial charge in [0.25, 0.3) is 5.91 Å². The van der Waals surface area contributed by atoms with Gasteiger partial charge in [0.15, 0.2) is 5.16 Å². The fraction of sp³-hybridized carbons (Fsp3) is 0.667. The summed E-state index contributed by atoms with van der Waals surface area (Å²) in [6.45, 7) is 6.19. The van der Waals surface area contributed by atoms with Crippen molar-refractivity contribution in [2.45, 2.75) is 63.2 Å². The molecule has 1 saturated carbocycles. The van der Waals surface area contributed by atoms with Crippen LogP contribution in [0.25, 0.3) is 0 Å². The van der Waals surface area contributed by atoms with Gasteiger partial charge in [0, 0.05) is 12.5 Å². The van der Waals surface area contributed by atoms with E-state index in [1.54, 1.807) is 13.8 Å². The Labute approximate surface area is 149 Å². The van der Waals surface area contributed by atoms with Crippen LogP contribution in [0.4, 0.5) is 4.79 Å². The molecule has 0 bridgehead atoms. The topological polar surface area (TPSA) is 109 Å². The van der Waals surface area contributed by atoms with Gasteiger partial charge in [-0.3, -0.25) is 15.0 Å². The second-order valence-electron chi connectivity index (χ2n) is 6.44. The van der Waals surface area contributed by atoms with Crippen molar-refractivity contribution in [2.24, 2.45) is 0 Å². The van der Waals surface area contributed by atoms with E-state index in [1.807, 2.05) is 11.5 Å². The number of nitrogens with one attached hydrogen (secondary N) is 2. The summed E-state index contributed by atoms with van der Waals surface area (Å²) in [6.07, 6.45) is 2.71. The lowest BCUT2D eigenvalue weighted by Gasteiger charge is -2.19. The molecule has 1 aromatic heterocycles. The molecule has 0 spiro atoms. The summed E-state index contributed by atoms with van der Waals surface area (Å²) in [5.41, 5.74) is 1.40. The zero-order valence-corrected chi connectivity index (χ0v) is 15.4. The highest BCUT2D eigenvalue weighted by atomic mass is 32.2. The van der Waals surface area contributed by atoms with Crippen LogP contribution in [0, 0.1) is 0 Å². The van der Waals surface area contributed by atoms with Crippen LogP contribution in [0.5, 0.6) is 0 Å². The highest BCUT2D eigenvalue weighted by Gasteiger charge is 2.47. The molecular formula is C15H22N6O3S. The molecule has 0 radical (unpaired) electrons. The third-order valence-corrected chi connectivity index (χ3v) is 5.51. The van der Waals surface area contributed by atoms with Gasteiger partial charge in [0.05, 0.1) is 5.75 Å². The van der Waals surface area contributed by atoms with Gasteiger partial charge in [-0.2, -0.15) is 5.01 Å². The molecule has 2 fully saturated rings. The first-order chi connectivity index (χ1) is 11.9. The van der Waals surface area contributed by atoms with E-state index in [2.05, 4.69) is 20.9 Å². The minimum atomic E-state index is -0.973. The molecule has 4 amide bonds. The maximum atomic E-state index is 12.3. The van der Waals surface area contributed by atoms with Gasteiger partial charge < -0.3 is 9.88 Å². The predicted octanol–water partition coefficient (Wildman–Crippen LogP) is 1.02. The molecule has 136 valence electrons. The van der Waals surface area contributed by atoms with E-state index in [0.717, 1.165) is 30.2 Å². The number of rotatable bonds is 7. The molecule has 1 aromatic rings. The van der Waals surface area contributed by atoms with Gasteiger partial charge in [-0.15, -0.1) is 10.2 Å². The number of carbonyl (C=O) groups excluding carboxylic acids is 3. The SMILES string of the molecule is CCn1c(SCC(=O)NN2C(=O)NC(C)(CC)C2=O)nnc1C1CC1. The van der Waals surface area contributed by atoms with E-state index >= 15 is 0 Å². The third kappa shape index (κ3) is 3.35. The minimum absolute atomic E-state index is 0.0443. The quantitative estimate of drug-likeness (QED) is 0.551. The zero-order chi connectivity index (χ0) is 18.2. The average molecular weight is 366 g/mol. The van der Waals surface area contributed by atoms with Crippen LogP contribution in [0.15, 0.2) is 5.16 Å². The molecule has 1 saturated heterocycles. The van der Waals surface area contributed by atoms with Gasteiger partial charge in [-0.25, -0.2) is 4.79 Å². The summed E-state index contributed by atoms with van der Waals surface area (Å²) in [4.78, 5) is 36.3. The lowest BCUT2D eigenvalue weighted by Crippen LogP contribution is -2.49. The molecule has 10 heteroatoms. The molecule has 2 N–H and O–H groups in total. The fourth-order valence-electron chi connectivity index (χ4n) is 2.66. The molecule has 1 aliphatic heterocycles. The van der Waals surface area contributed by atoms with Crippen LogP contribution >= 0.6 is 11.8 Å². The number of urea groups is 1. The van der Waals surface area contributed by atoms with E-state index in [0.29, 0.717) is 17.5 Å². The summed E-state index contributed by atoms with van der Waals surface area (Å²) >= 11 is 1.24. The summed E-state index contributed by atoms with van der Waals surface area (Å²) in [7, 11) is 0. The van der Waals surface area contributed by atoms with Crippen molar-refractivity contribution in [3.05, 3.63) is 5.82 Å². The highest BCUT2D eigenvalue weighted by molar-refractivity contribution is 7.99. The molecule has 1 atom stereocenters. The number of hydrogen-bond donors (Lipinski definition) is 2. The molecule has 2 aliphatic rings. The number of carbonyl (C=O) groups is 3. The van der Waals surface area contributed by atoms with Crippen LogP contribution in [-0.2, 0) is 16.1 Å². The van der Waals surface area contributed by atoms with Crippen molar-refractivity contribution in [2.75, 3.05) is 5.75 Å². The van der Waals surface area contributed by atoms with E-state index in [1.165, 1.54) is 11.8 Å². The Balaban J connectivity index is 1.59. The average Bonchev–Trinajstić information content (AvgIpc) is 3.32. The molecule has 25 heavy (non-hydrogen) atoms. The zero-order valence-electron chi connectivity index (χ0n) is 14.5. The summed E-state index contributed by atoms with van der Waals surface area (Å²) in [5.74, 6) is 0.605. The van der Waals surface area contributed by atoms with Gasteiger partial charge in [0.2, 0.25) is 5.91 Å². The smallest absolute Gasteiger partial charge is 0.322 e. The Bertz CT molecular complexity index is 716. The van der Waals surface area contributed by atoms with Crippen molar-refractivity contribution in [3.63, 3.8) is 0 Å².